The molecule has 0 spiro atoms. The lowest BCUT2D eigenvalue weighted by atomic mass is 9.95. The van der Waals surface area contributed by atoms with Crippen LogP contribution in [0.2, 0.25) is 0 Å². The van der Waals surface area contributed by atoms with Crippen LogP contribution in [0.25, 0.3) is 6.08 Å². The van der Waals surface area contributed by atoms with Crippen molar-refractivity contribution >= 4 is 17.9 Å². The summed E-state index contributed by atoms with van der Waals surface area (Å²) in [6, 6.07) is 3.66. The van der Waals surface area contributed by atoms with Gasteiger partial charge in [0.25, 0.3) is 17.4 Å². The number of amides is 2. The highest BCUT2D eigenvalue weighted by Gasteiger charge is 2.33. The second-order valence-corrected chi connectivity index (χ2v) is 8.10. The highest BCUT2D eigenvalue weighted by Crippen LogP contribution is 2.26. The van der Waals surface area contributed by atoms with E-state index in [0.717, 1.165) is 9.47 Å². The second kappa shape index (κ2) is 13.8. The van der Waals surface area contributed by atoms with Gasteiger partial charge in [-0.05, 0) is 77.1 Å². The number of hydrogen-bond acceptors (Lipinski definition) is 6. The predicted octanol–water partition coefficient (Wildman–Crippen LogP) is 1.22. The molecule has 1 aromatic rings. The number of imide groups is 1. The number of nitrogens with zero attached hydrogens (tertiary/aromatic N) is 4. The van der Waals surface area contributed by atoms with Gasteiger partial charge in [0.2, 0.25) is 0 Å². The van der Waals surface area contributed by atoms with Crippen molar-refractivity contribution in [3.05, 3.63) is 55.9 Å². The van der Waals surface area contributed by atoms with Crippen molar-refractivity contribution in [3.8, 4) is 18.0 Å². The van der Waals surface area contributed by atoms with Gasteiger partial charge in [-0.3, -0.25) is 19.3 Å². The minimum Gasteiger partial charge on any atom is -0.860 e. The number of quaternary nitrogens is 1. The average molecular weight is 494 g/mol. The number of rotatable bonds is 7. The number of nitrogens with one attached hydrogen (secondary N) is 1. The van der Waals surface area contributed by atoms with Crippen LogP contribution in [0.15, 0.2) is 33.7 Å². The van der Waals surface area contributed by atoms with Crippen LogP contribution in [0.4, 0.5) is 0 Å². The third kappa shape index (κ3) is 6.18. The Morgan fingerprint density at radius 1 is 0.917 bits per heavy atom. The minimum absolute atomic E-state index is 0.113. The summed E-state index contributed by atoms with van der Waals surface area (Å²) in [7, 11) is 0. The zero-order chi connectivity index (χ0) is 27.6. The number of nitriles is 2. The Morgan fingerprint density at radius 3 is 1.92 bits per heavy atom. The van der Waals surface area contributed by atoms with Gasteiger partial charge in [0.15, 0.2) is 0 Å². The van der Waals surface area contributed by atoms with E-state index in [2.05, 4.69) is 20.8 Å². The van der Waals surface area contributed by atoms with Gasteiger partial charge < -0.3 is 14.6 Å². The molecule has 0 saturated carbocycles. The molecule has 0 aromatic carbocycles. The Bertz CT molecular complexity index is 1230. The molecule has 2 rings (SSSR count). The number of pyridine rings is 1. The molecule has 192 valence electrons. The minimum atomic E-state index is -0.634. The van der Waals surface area contributed by atoms with E-state index in [1.807, 2.05) is 12.1 Å². The molecule has 2 amide bonds. The van der Waals surface area contributed by atoms with E-state index < -0.39 is 23.3 Å². The van der Waals surface area contributed by atoms with E-state index in [1.165, 1.54) is 51.7 Å². The molecule has 2 heterocycles. The summed E-state index contributed by atoms with van der Waals surface area (Å²) in [6.45, 7) is 17.0. The quantitative estimate of drug-likeness (QED) is 0.448. The Morgan fingerprint density at radius 2 is 1.50 bits per heavy atom. The van der Waals surface area contributed by atoms with Crippen LogP contribution in [0.3, 0.4) is 0 Å². The van der Waals surface area contributed by atoms with Gasteiger partial charge in [0.05, 0.1) is 19.6 Å². The lowest BCUT2D eigenvalue weighted by Crippen LogP contribution is -3.11. The number of carbonyl (C=O) groups is 2. The highest BCUT2D eigenvalue weighted by molar-refractivity contribution is 6.18. The molecule has 9 heteroatoms. The molecule has 1 aromatic heterocycles. The van der Waals surface area contributed by atoms with E-state index >= 15 is 0 Å². The Balaban J connectivity index is 0.000000809. The fourth-order valence-electron chi connectivity index (χ4n) is 3.88. The highest BCUT2D eigenvalue weighted by atomic mass is 16.3. The summed E-state index contributed by atoms with van der Waals surface area (Å²) in [6.07, 6.45) is 4.26. The van der Waals surface area contributed by atoms with Crippen molar-refractivity contribution in [1.82, 2.24) is 9.47 Å². The maximum Gasteiger partial charge on any atom is 0.271 e. The van der Waals surface area contributed by atoms with Gasteiger partial charge in [0.1, 0.15) is 23.3 Å². The lowest BCUT2D eigenvalue weighted by Gasteiger charge is -2.26. The molecule has 0 radical (unpaired) electrons. The van der Waals surface area contributed by atoms with Crippen LogP contribution < -0.4 is 15.6 Å². The van der Waals surface area contributed by atoms with Gasteiger partial charge in [-0.25, -0.2) is 0 Å². The molecule has 0 atom stereocenters. The molecule has 0 unspecified atom stereocenters. The molecule has 0 bridgehead atoms. The molecular formula is C27H35N5O4. The van der Waals surface area contributed by atoms with E-state index in [9.17, 15) is 30.0 Å². The summed E-state index contributed by atoms with van der Waals surface area (Å²) in [5.74, 6) is -1.70. The SMILES string of the molecule is CCN1C(=O)C(C#N)=C(C)/C(=C\C=C\c2c(C)c(C#N)c(=O)n(CC)c2[O-])C1=O.CC[NH+](CC)CC. The number of allylic oxidation sites excluding steroid dienone is 2. The lowest BCUT2D eigenvalue weighted by molar-refractivity contribution is -0.894. The van der Waals surface area contributed by atoms with Crippen LogP contribution in [0.1, 0.15) is 58.2 Å². The summed E-state index contributed by atoms with van der Waals surface area (Å²) >= 11 is 0. The van der Waals surface area contributed by atoms with Crippen molar-refractivity contribution in [1.29, 1.82) is 10.5 Å². The molecule has 0 saturated heterocycles. The maximum atomic E-state index is 12.6. The van der Waals surface area contributed by atoms with Gasteiger partial charge in [-0.15, -0.1) is 0 Å². The standard InChI is InChI=1S/C21H20N4O4.C6H15N/c1-5-24-18(26)14(12(3)16(10-22)20(24)28)8-7-9-15-13(4)17(11-23)21(29)25(6-2)19(15)27;1-4-7(5-2)6-3/h7-9,26H,5-6H2,1-4H3;4-6H2,1-3H3/b8-7+,15-9+;. The van der Waals surface area contributed by atoms with Crippen molar-refractivity contribution < 1.29 is 19.6 Å². The van der Waals surface area contributed by atoms with E-state index in [-0.39, 0.29) is 46.5 Å². The first-order valence-electron chi connectivity index (χ1n) is 12.1. The number of carbonyl (C=O) groups excluding carboxylic acids is 2. The predicted molar refractivity (Wildman–Crippen MR) is 136 cm³/mol. The number of aromatic nitrogens is 1. The van der Waals surface area contributed by atoms with Crippen LogP contribution in [0, 0.1) is 29.6 Å². The van der Waals surface area contributed by atoms with E-state index in [0.29, 0.717) is 0 Å². The van der Waals surface area contributed by atoms with Crippen molar-refractivity contribution in [2.45, 2.75) is 55.0 Å². The van der Waals surface area contributed by atoms with Crippen molar-refractivity contribution in [2.24, 2.45) is 0 Å². The topological polar surface area (TPSA) is 134 Å². The van der Waals surface area contributed by atoms with Gasteiger partial charge in [-0.2, -0.15) is 10.5 Å². The summed E-state index contributed by atoms with van der Waals surface area (Å²) in [5.41, 5.74) is -0.0251. The first-order valence-corrected chi connectivity index (χ1v) is 12.1. The van der Waals surface area contributed by atoms with Crippen LogP contribution in [0.5, 0.6) is 5.88 Å². The van der Waals surface area contributed by atoms with Crippen LogP contribution in [-0.4, -0.2) is 47.5 Å². The monoisotopic (exact) mass is 493 g/mol. The first-order chi connectivity index (χ1) is 17.1. The molecule has 1 aliphatic heterocycles. The van der Waals surface area contributed by atoms with Crippen LogP contribution >= 0.6 is 0 Å². The van der Waals surface area contributed by atoms with Crippen molar-refractivity contribution in [2.75, 3.05) is 26.2 Å². The summed E-state index contributed by atoms with van der Waals surface area (Å²) in [5, 5.41) is 31.1. The number of hydrogen-bond donors (Lipinski definition) is 1. The van der Waals surface area contributed by atoms with Gasteiger partial charge >= 0.3 is 0 Å². The summed E-state index contributed by atoms with van der Waals surface area (Å²) in [4.78, 5) is 39.6. The molecule has 36 heavy (non-hydrogen) atoms. The van der Waals surface area contributed by atoms with E-state index in [1.54, 1.807) is 18.7 Å². The Kier molecular flexibility index (Phi) is 11.5. The zero-order valence-electron chi connectivity index (χ0n) is 22.2. The Labute approximate surface area is 212 Å². The third-order valence-electron chi connectivity index (χ3n) is 6.31. The molecular weight excluding hydrogens is 458 g/mol. The average Bonchev–Trinajstić information content (AvgIpc) is 2.85. The summed E-state index contributed by atoms with van der Waals surface area (Å²) < 4.78 is 0.973. The van der Waals surface area contributed by atoms with E-state index in [4.69, 9.17) is 0 Å². The van der Waals surface area contributed by atoms with Gasteiger partial charge in [-0.1, -0.05) is 12.2 Å². The van der Waals surface area contributed by atoms with Crippen LogP contribution in [-0.2, 0) is 16.1 Å². The largest absolute Gasteiger partial charge is 0.860 e. The van der Waals surface area contributed by atoms with Gasteiger partial charge in [0, 0.05) is 18.7 Å². The molecule has 0 aliphatic carbocycles. The fourth-order valence-corrected chi connectivity index (χ4v) is 3.88. The smallest absolute Gasteiger partial charge is 0.271 e. The van der Waals surface area contributed by atoms with Crippen molar-refractivity contribution in [3.63, 3.8) is 0 Å². The second-order valence-electron chi connectivity index (χ2n) is 8.10. The Hall–Kier alpha value is -3.95. The third-order valence-corrected chi connectivity index (χ3v) is 6.31. The molecule has 1 aliphatic rings. The first kappa shape index (κ1) is 30.1. The zero-order valence-corrected chi connectivity index (χ0v) is 22.2. The molecule has 9 nitrogen and oxygen atoms in total. The maximum absolute atomic E-state index is 12.6. The fraction of sp³-hybridized carbons (Fsp3) is 0.444. The number of likely N-dealkylation sites (N-methyl/N-ethyl adjacent to an activating group) is 1. The molecule has 0 fully saturated rings. The normalized spacial score (nSPS) is 14.8. The molecule has 1 N–H and O–H groups in total.